The molecule has 0 aromatic heterocycles. The molecule has 0 heteroatoms. The number of hydrogen-bond acceptors (Lipinski definition) is 0. The van der Waals surface area contributed by atoms with Gasteiger partial charge >= 0.3 is 0 Å². The molecule has 0 amide bonds. The second kappa shape index (κ2) is 2.77. The summed E-state index contributed by atoms with van der Waals surface area (Å²) in [6, 6.07) is 0. The van der Waals surface area contributed by atoms with E-state index in [2.05, 4.69) is 27.7 Å². The van der Waals surface area contributed by atoms with Gasteiger partial charge in [-0.2, -0.15) is 0 Å². The van der Waals surface area contributed by atoms with E-state index in [0.29, 0.717) is 0 Å². The van der Waals surface area contributed by atoms with Gasteiger partial charge in [-0.1, -0.05) is 31.9 Å². The maximum atomic E-state index is 2.35. The summed E-state index contributed by atoms with van der Waals surface area (Å²) in [6.45, 7) is 9.26. The fourth-order valence-corrected chi connectivity index (χ4v) is 2.18. The largest absolute Gasteiger partial charge is 0.0710 e. The Morgan fingerprint density at radius 3 is 2.10 bits per heavy atom. The van der Waals surface area contributed by atoms with Gasteiger partial charge in [-0.05, 0) is 31.6 Å². The van der Waals surface area contributed by atoms with E-state index in [0.717, 1.165) is 11.8 Å². The average molecular weight is 138 g/mol. The fourth-order valence-electron chi connectivity index (χ4n) is 2.18. The molecule has 58 valence electrons. The molecule has 1 aliphatic carbocycles. The predicted molar refractivity (Wildman–Crippen MR) is 45.9 cm³/mol. The Morgan fingerprint density at radius 2 is 1.90 bits per heavy atom. The number of allylic oxidation sites excluding steroid dienone is 2. The van der Waals surface area contributed by atoms with Gasteiger partial charge in [0.25, 0.3) is 0 Å². The molecule has 0 N–H and O–H groups in total. The van der Waals surface area contributed by atoms with Crippen LogP contribution in [0.4, 0.5) is 0 Å². The van der Waals surface area contributed by atoms with Crippen LogP contribution in [0.25, 0.3) is 0 Å². The van der Waals surface area contributed by atoms with Crippen molar-refractivity contribution >= 4 is 0 Å². The molecule has 10 heavy (non-hydrogen) atoms. The molecular weight excluding hydrogens is 120 g/mol. The lowest BCUT2D eigenvalue weighted by molar-refractivity contribution is 0.561. The van der Waals surface area contributed by atoms with Crippen LogP contribution in [-0.4, -0.2) is 0 Å². The van der Waals surface area contributed by atoms with Crippen molar-refractivity contribution in [1.82, 2.24) is 0 Å². The summed E-state index contributed by atoms with van der Waals surface area (Å²) in [5.74, 6) is 1.71. The molecule has 0 bridgehead atoms. The minimum atomic E-state index is 0.852. The Bertz CT molecular complexity index is 153. The van der Waals surface area contributed by atoms with Gasteiger partial charge in [-0.15, -0.1) is 0 Å². The van der Waals surface area contributed by atoms with Crippen molar-refractivity contribution < 1.29 is 0 Å². The van der Waals surface area contributed by atoms with Gasteiger partial charge in [0, 0.05) is 0 Å². The molecule has 0 saturated carbocycles. The van der Waals surface area contributed by atoms with Crippen molar-refractivity contribution in [3.8, 4) is 0 Å². The molecule has 0 aromatic rings. The second-order valence-electron chi connectivity index (χ2n) is 3.60. The van der Waals surface area contributed by atoms with E-state index < -0.39 is 0 Å². The molecule has 0 aliphatic heterocycles. The van der Waals surface area contributed by atoms with Gasteiger partial charge in [-0.3, -0.25) is 0 Å². The summed E-state index contributed by atoms with van der Waals surface area (Å²) in [7, 11) is 0. The highest BCUT2D eigenvalue weighted by Gasteiger charge is 2.23. The molecule has 0 nitrogen and oxygen atoms in total. The van der Waals surface area contributed by atoms with Crippen LogP contribution in [0.1, 0.15) is 40.5 Å². The van der Waals surface area contributed by atoms with E-state index in [1.54, 1.807) is 11.1 Å². The first-order valence-electron chi connectivity index (χ1n) is 4.36. The van der Waals surface area contributed by atoms with Crippen molar-refractivity contribution in [3.63, 3.8) is 0 Å². The van der Waals surface area contributed by atoms with Crippen LogP contribution in [0.15, 0.2) is 11.1 Å². The highest BCUT2D eigenvalue weighted by Crippen LogP contribution is 2.37. The molecular formula is C10H18. The third-order valence-corrected chi connectivity index (χ3v) is 2.93. The third-order valence-electron chi connectivity index (χ3n) is 2.93. The number of hydrogen-bond donors (Lipinski definition) is 0. The Balaban J connectivity index is 2.79. The van der Waals surface area contributed by atoms with Gasteiger partial charge in [0.05, 0.1) is 0 Å². The Labute approximate surface area is 64.3 Å². The first-order valence-corrected chi connectivity index (χ1v) is 4.36. The van der Waals surface area contributed by atoms with Crippen LogP contribution in [0.2, 0.25) is 0 Å². The van der Waals surface area contributed by atoms with Gasteiger partial charge in [-0.25, -0.2) is 0 Å². The zero-order valence-corrected chi connectivity index (χ0v) is 7.57. The van der Waals surface area contributed by atoms with Crippen LogP contribution in [-0.2, 0) is 0 Å². The van der Waals surface area contributed by atoms with Crippen LogP contribution < -0.4 is 0 Å². The Hall–Kier alpha value is -0.260. The lowest BCUT2D eigenvalue weighted by atomic mass is 10.0. The fraction of sp³-hybridized carbons (Fsp3) is 0.800. The highest BCUT2D eigenvalue weighted by molar-refractivity contribution is 5.22. The highest BCUT2D eigenvalue weighted by atomic mass is 14.3. The van der Waals surface area contributed by atoms with Crippen LogP contribution in [0.3, 0.4) is 0 Å². The molecule has 0 spiro atoms. The molecule has 1 rings (SSSR count). The normalized spacial score (nSPS) is 33.6. The van der Waals surface area contributed by atoms with Crippen molar-refractivity contribution in [3.05, 3.63) is 11.1 Å². The van der Waals surface area contributed by atoms with Gasteiger partial charge < -0.3 is 0 Å². The summed E-state index contributed by atoms with van der Waals surface area (Å²) in [6.07, 6.45) is 2.65. The topological polar surface area (TPSA) is 0 Å². The molecule has 0 saturated heterocycles. The van der Waals surface area contributed by atoms with E-state index >= 15 is 0 Å². The van der Waals surface area contributed by atoms with E-state index in [4.69, 9.17) is 0 Å². The summed E-state index contributed by atoms with van der Waals surface area (Å²) in [5, 5.41) is 0. The maximum Gasteiger partial charge on any atom is -0.0224 e. The molecule has 0 fully saturated rings. The average Bonchev–Trinajstić information content (AvgIpc) is 2.09. The SMILES string of the molecule is CCC1=C(C)C(C)CC1C. The zero-order valence-electron chi connectivity index (χ0n) is 7.57. The van der Waals surface area contributed by atoms with E-state index in [1.165, 1.54) is 12.8 Å². The van der Waals surface area contributed by atoms with Crippen molar-refractivity contribution in [1.29, 1.82) is 0 Å². The first kappa shape index (κ1) is 7.84. The van der Waals surface area contributed by atoms with E-state index in [9.17, 15) is 0 Å². The molecule has 0 radical (unpaired) electrons. The molecule has 2 unspecified atom stereocenters. The Kier molecular flexibility index (Phi) is 2.18. The summed E-state index contributed by atoms with van der Waals surface area (Å²) in [4.78, 5) is 0. The van der Waals surface area contributed by atoms with Crippen molar-refractivity contribution in [2.24, 2.45) is 11.8 Å². The molecule has 1 aliphatic rings. The molecule has 2 atom stereocenters. The monoisotopic (exact) mass is 138 g/mol. The van der Waals surface area contributed by atoms with Crippen LogP contribution in [0, 0.1) is 11.8 Å². The summed E-state index contributed by atoms with van der Waals surface area (Å²) < 4.78 is 0. The van der Waals surface area contributed by atoms with Gasteiger partial charge in [0.2, 0.25) is 0 Å². The maximum absolute atomic E-state index is 2.35. The minimum absolute atomic E-state index is 0.852. The third kappa shape index (κ3) is 1.12. The first-order chi connectivity index (χ1) is 4.66. The molecule has 0 heterocycles. The lowest BCUT2D eigenvalue weighted by Gasteiger charge is -2.05. The standard InChI is InChI=1S/C10H18/c1-5-10-8(3)6-7(2)9(10)4/h7-8H,5-6H2,1-4H3. The number of rotatable bonds is 1. The lowest BCUT2D eigenvalue weighted by Crippen LogP contribution is -1.92. The van der Waals surface area contributed by atoms with E-state index in [-0.39, 0.29) is 0 Å². The predicted octanol–water partition coefficient (Wildman–Crippen LogP) is 3.39. The van der Waals surface area contributed by atoms with Gasteiger partial charge in [0.1, 0.15) is 0 Å². The van der Waals surface area contributed by atoms with Crippen LogP contribution in [0.5, 0.6) is 0 Å². The zero-order chi connectivity index (χ0) is 7.72. The van der Waals surface area contributed by atoms with E-state index in [1.807, 2.05) is 0 Å². The quantitative estimate of drug-likeness (QED) is 0.487. The van der Waals surface area contributed by atoms with Crippen LogP contribution >= 0.6 is 0 Å². The Morgan fingerprint density at radius 1 is 1.30 bits per heavy atom. The molecule has 0 aromatic carbocycles. The van der Waals surface area contributed by atoms with Crippen molar-refractivity contribution in [2.45, 2.75) is 40.5 Å². The van der Waals surface area contributed by atoms with Crippen molar-refractivity contribution in [2.75, 3.05) is 0 Å². The van der Waals surface area contributed by atoms with Gasteiger partial charge in [0.15, 0.2) is 0 Å². The summed E-state index contributed by atoms with van der Waals surface area (Å²) in [5.41, 5.74) is 3.38. The minimum Gasteiger partial charge on any atom is -0.0710 e. The second-order valence-corrected chi connectivity index (χ2v) is 3.60. The summed E-state index contributed by atoms with van der Waals surface area (Å²) >= 11 is 0. The smallest absolute Gasteiger partial charge is 0.0224 e.